The third-order valence-corrected chi connectivity index (χ3v) is 5.00. The van der Waals surface area contributed by atoms with Crippen molar-refractivity contribution >= 4 is 22.7 Å². The van der Waals surface area contributed by atoms with Crippen LogP contribution in [0.25, 0.3) is 16.7 Å². The Hall–Kier alpha value is -2.30. The number of nitrogens with zero attached hydrogens (tertiary/aromatic N) is 1. The van der Waals surface area contributed by atoms with Gasteiger partial charge in [-0.2, -0.15) is 0 Å². The summed E-state index contributed by atoms with van der Waals surface area (Å²) in [4.78, 5) is 13.9. The molecule has 1 N–H and O–H groups in total. The zero-order valence-corrected chi connectivity index (χ0v) is 14.0. The number of hydrogen-bond acceptors (Lipinski definition) is 3. The number of benzene rings is 1. The lowest BCUT2D eigenvalue weighted by molar-refractivity contribution is 0.280. The largest absolute Gasteiger partial charge is 0.392 e. The van der Waals surface area contributed by atoms with Gasteiger partial charge in [0.1, 0.15) is 0 Å². The summed E-state index contributed by atoms with van der Waals surface area (Å²) in [5, 5.41) is 9.92. The summed E-state index contributed by atoms with van der Waals surface area (Å²) >= 11 is 5.35. The number of hydrogen-bond donors (Lipinski definition) is 1. The van der Waals surface area contributed by atoms with Crippen molar-refractivity contribution in [3.05, 3.63) is 75.7 Å². The van der Waals surface area contributed by atoms with Gasteiger partial charge < -0.3 is 9.67 Å². The van der Waals surface area contributed by atoms with Gasteiger partial charge in [-0.25, -0.2) is 0 Å². The molecule has 1 aromatic carbocycles. The van der Waals surface area contributed by atoms with E-state index in [-0.39, 0.29) is 12.2 Å². The van der Waals surface area contributed by atoms with E-state index in [9.17, 15) is 9.90 Å². The molecule has 0 radical (unpaired) electrons. The molecule has 0 unspecified atom stereocenters. The number of rotatable bonds is 2. The highest BCUT2D eigenvalue weighted by Crippen LogP contribution is 2.35. The van der Waals surface area contributed by atoms with Crippen LogP contribution in [0.3, 0.4) is 0 Å². The van der Waals surface area contributed by atoms with Crippen LogP contribution in [0.1, 0.15) is 24.1 Å². The topological polar surface area (TPSA) is 42.2 Å². The van der Waals surface area contributed by atoms with E-state index in [2.05, 4.69) is 6.08 Å². The highest BCUT2D eigenvalue weighted by atomic mass is 32.1. The molecule has 2 aliphatic rings. The molecule has 3 nitrogen and oxygen atoms in total. The smallest absolute Gasteiger partial charge is 0.258 e. The minimum Gasteiger partial charge on any atom is -0.392 e. The average Bonchev–Trinajstić information content (AvgIpc) is 2.62. The number of pyridine rings is 1. The van der Waals surface area contributed by atoms with E-state index in [1.165, 1.54) is 5.57 Å². The fourth-order valence-corrected chi connectivity index (χ4v) is 3.80. The molecule has 0 spiro atoms. The van der Waals surface area contributed by atoms with Crippen molar-refractivity contribution in [1.29, 1.82) is 0 Å². The van der Waals surface area contributed by atoms with Crippen LogP contribution in [0.2, 0.25) is 0 Å². The van der Waals surface area contributed by atoms with Crippen molar-refractivity contribution in [3.63, 3.8) is 0 Å². The van der Waals surface area contributed by atoms with Crippen molar-refractivity contribution in [3.8, 4) is 11.1 Å². The molecular formula is C20H17NO2S. The third-order valence-electron chi connectivity index (χ3n) is 4.72. The van der Waals surface area contributed by atoms with E-state index in [0.29, 0.717) is 18.5 Å². The maximum absolute atomic E-state index is 13.0. The predicted octanol–water partition coefficient (Wildman–Crippen LogP) is 3.49. The van der Waals surface area contributed by atoms with Gasteiger partial charge in [0.25, 0.3) is 5.56 Å². The first-order chi connectivity index (χ1) is 11.7. The van der Waals surface area contributed by atoms with Crippen molar-refractivity contribution < 1.29 is 5.11 Å². The van der Waals surface area contributed by atoms with Crippen LogP contribution in [0.4, 0.5) is 0 Å². The van der Waals surface area contributed by atoms with Crippen molar-refractivity contribution in [2.45, 2.75) is 26.0 Å². The third kappa shape index (κ3) is 2.39. The van der Waals surface area contributed by atoms with Crippen molar-refractivity contribution in [2.24, 2.45) is 0 Å². The molecule has 1 aromatic heterocycles. The summed E-state index contributed by atoms with van der Waals surface area (Å²) in [6, 6.07) is 11.5. The Morgan fingerprint density at radius 1 is 1.17 bits per heavy atom. The molecule has 0 saturated carbocycles. The first kappa shape index (κ1) is 15.2. The predicted molar refractivity (Wildman–Crippen MR) is 100.0 cm³/mol. The Bertz CT molecular complexity index is 952. The number of fused-ring (bicyclic) bond motifs is 2. The van der Waals surface area contributed by atoms with E-state index in [4.69, 9.17) is 12.2 Å². The molecule has 2 aromatic rings. The van der Waals surface area contributed by atoms with Crippen LogP contribution in [0.15, 0.2) is 58.9 Å². The van der Waals surface area contributed by atoms with Gasteiger partial charge in [-0.3, -0.25) is 4.79 Å². The van der Waals surface area contributed by atoms with Gasteiger partial charge in [0, 0.05) is 29.0 Å². The summed E-state index contributed by atoms with van der Waals surface area (Å²) in [6.45, 7) is 0.542. The normalized spacial score (nSPS) is 16.1. The maximum atomic E-state index is 13.0. The SMILES string of the molecule is O=c1c(-c2ccccc2)cc(CO)c2n1CCC1=C2CC(=S)C=C1. The fraction of sp³-hybridized carbons (Fsp3) is 0.200. The molecule has 4 heteroatoms. The second-order valence-corrected chi connectivity index (χ2v) is 6.67. The van der Waals surface area contributed by atoms with Gasteiger partial charge in [0.2, 0.25) is 0 Å². The maximum Gasteiger partial charge on any atom is 0.258 e. The molecule has 0 fully saturated rings. The Morgan fingerprint density at radius 2 is 1.96 bits per heavy atom. The molecule has 2 heterocycles. The van der Waals surface area contributed by atoms with Gasteiger partial charge >= 0.3 is 0 Å². The van der Waals surface area contributed by atoms with Gasteiger partial charge in [0.15, 0.2) is 0 Å². The van der Waals surface area contributed by atoms with E-state index >= 15 is 0 Å². The standard InChI is InChI=1S/C20H17NO2S/c22-12-15-10-18(13-4-2-1-3-5-13)20(23)21-9-8-14-6-7-16(24)11-17(14)19(15)21/h1-7,10,22H,8-9,11-12H2. The van der Waals surface area contributed by atoms with Crippen LogP contribution < -0.4 is 5.56 Å². The van der Waals surface area contributed by atoms with Crippen LogP contribution in [0.5, 0.6) is 0 Å². The van der Waals surface area contributed by atoms with Gasteiger partial charge in [0.05, 0.1) is 12.3 Å². The Morgan fingerprint density at radius 3 is 2.71 bits per heavy atom. The summed E-state index contributed by atoms with van der Waals surface area (Å²) in [5.41, 5.74) is 5.49. The fourth-order valence-electron chi connectivity index (χ4n) is 3.58. The number of aliphatic hydroxyl groups excluding tert-OH is 1. The molecule has 0 amide bonds. The van der Waals surface area contributed by atoms with E-state index in [1.807, 2.05) is 47.0 Å². The molecular weight excluding hydrogens is 318 g/mol. The minimum atomic E-state index is -0.0945. The Balaban J connectivity index is 1.98. The first-order valence-electron chi connectivity index (χ1n) is 8.05. The lowest BCUT2D eigenvalue weighted by Crippen LogP contribution is -2.30. The van der Waals surface area contributed by atoms with Gasteiger partial charge in [-0.05, 0) is 35.3 Å². The molecule has 1 aliphatic carbocycles. The molecule has 0 saturated heterocycles. The number of aliphatic hydroxyl groups is 1. The summed E-state index contributed by atoms with van der Waals surface area (Å²) in [7, 11) is 0. The molecule has 1 aliphatic heterocycles. The van der Waals surface area contributed by atoms with Crippen LogP contribution in [-0.4, -0.2) is 14.5 Å². The van der Waals surface area contributed by atoms with Crippen LogP contribution in [-0.2, 0) is 13.2 Å². The Labute approximate surface area is 145 Å². The average molecular weight is 335 g/mol. The highest BCUT2D eigenvalue weighted by molar-refractivity contribution is 7.80. The number of aromatic nitrogens is 1. The van der Waals surface area contributed by atoms with Crippen molar-refractivity contribution in [2.75, 3.05) is 0 Å². The zero-order chi connectivity index (χ0) is 16.7. The monoisotopic (exact) mass is 335 g/mol. The van der Waals surface area contributed by atoms with E-state index < -0.39 is 0 Å². The lowest BCUT2D eigenvalue weighted by atomic mass is 9.87. The second-order valence-electron chi connectivity index (χ2n) is 6.14. The van der Waals surface area contributed by atoms with E-state index in [0.717, 1.165) is 33.7 Å². The van der Waals surface area contributed by atoms with Gasteiger partial charge in [-0.1, -0.05) is 48.6 Å². The summed E-state index contributed by atoms with van der Waals surface area (Å²) in [5.74, 6) is 0. The minimum absolute atomic E-state index is 0.000390. The Kier molecular flexibility index (Phi) is 3.79. The molecule has 0 atom stereocenters. The highest BCUT2D eigenvalue weighted by Gasteiger charge is 2.25. The van der Waals surface area contributed by atoms with E-state index in [1.54, 1.807) is 0 Å². The molecule has 24 heavy (non-hydrogen) atoms. The molecule has 0 bridgehead atoms. The van der Waals surface area contributed by atoms with Gasteiger partial charge in [-0.15, -0.1) is 0 Å². The second kappa shape index (κ2) is 5.96. The van der Waals surface area contributed by atoms with Crippen LogP contribution in [0, 0.1) is 0 Å². The molecule has 120 valence electrons. The first-order valence-corrected chi connectivity index (χ1v) is 8.46. The summed E-state index contributed by atoms with van der Waals surface area (Å²) in [6.07, 6.45) is 5.52. The molecule has 4 rings (SSSR count). The number of allylic oxidation sites excluding steroid dienone is 4. The van der Waals surface area contributed by atoms with Crippen molar-refractivity contribution in [1.82, 2.24) is 4.57 Å². The zero-order valence-electron chi connectivity index (χ0n) is 13.2. The van der Waals surface area contributed by atoms with Crippen LogP contribution >= 0.6 is 12.2 Å². The summed E-state index contributed by atoms with van der Waals surface area (Å²) < 4.78 is 1.81. The number of thiocarbonyl (C=S) groups is 1. The lowest BCUT2D eigenvalue weighted by Gasteiger charge is -2.28. The quantitative estimate of drug-likeness (QED) is 0.854.